The molecular weight excluding hydrogens is 421 g/mol. The lowest BCUT2D eigenvalue weighted by Crippen LogP contribution is -2.30. The van der Waals surface area contributed by atoms with Gasteiger partial charge in [-0.25, -0.2) is 13.4 Å². The zero-order valence-electron chi connectivity index (χ0n) is 15.7. The number of benzene rings is 2. The van der Waals surface area contributed by atoms with E-state index in [-0.39, 0.29) is 12.2 Å². The Bertz CT molecular complexity index is 1190. The number of ether oxygens (including phenoxy) is 1. The zero-order valence-corrected chi connectivity index (χ0v) is 16.5. The molecule has 0 bridgehead atoms. The SMILES string of the molecule is CS(=O)(=O)NC(=O)Cc1ccc(OCc2ccc3ccccc3n2)c(C(F)(F)F)c1. The summed E-state index contributed by atoms with van der Waals surface area (Å²) in [7, 11) is -3.80. The van der Waals surface area contributed by atoms with Crippen LogP contribution in [0.3, 0.4) is 0 Å². The highest BCUT2D eigenvalue weighted by atomic mass is 32.2. The lowest BCUT2D eigenvalue weighted by Gasteiger charge is -2.15. The number of pyridine rings is 1. The number of nitrogens with zero attached hydrogens (tertiary/aromatic N) is 1. The molecule has 1 aromatic heterocycles. The van der Waals surface area contributed by atoms with E-state index < -0.39 is 39.8 Å². The second-order valence-electron chi connectivity index (χ2n) is 6.59. The van der Waals surface area contributed by atoms with Gasteiger partial charge < -0.3 is 4.74 Å². The third kappa shape index (κ3) is 5.69. The highest BCUT2D eigenvalue weighted by Gasteiger charge is 2.35. The Morgan fingerprint density at radius 3 is 2.53 bits per heavy atom. The van der Waals surface area contributed by atoms with E-state index in [1.165, 1.54) is 6.07 Å². The molecule has 0 fully saturated rings. The van der Waals surface area contributed by atoms with Crippen LogP contribution in [0.25, 0.3) is 10.9 Å². The van der Waals surface area contributed by atoms with Crippen molar-refractivity contribution >= 4 is 26.8 Å². The Balaban J connectivity index is 1.80. The van der Waals surface area contributed by atoms with E-state index in [4.69, 9.17) is 4.74 Å². The average molecular weight is 438 g/mol. The fraction of sp³-hybridized carbons (Fsp3) is 0.200. The molecule has 0 atom stereocenters. The molecule has 3 rings (SSSR count). The molecule has 1 N–H and O–H groups in total. The van der Waals surface area contributed by atoms with Gasteiger partial charge in [-0.3, -0.25) is 9.52 Å². The van der Waals surface area contributed by atoms with Gasteiger partial charge in [-0.15, -0.1) is 0 Å². The molecule has 0 aliphatic rings. The number of para-hydroxylation sites is 1. The number of hydrogen-bond donors (Lipinski definition) is 1. The van der Waals surface area contributed by atoms with Gasteiger partial charge in [0, 0.05) is 5.39 Å². The first-order valence-corrected chi connectivity index (χ1v) is 10.6. The number of sulfonamides is 1. The molecule has 1 heterocycles. The van der Waals surface area contributed by atoms with Gasteiger partial charge in [-0.2, -0.15) is 13.2 Å². The number of fused-ring (bicyclic) bond motifs is 1. The molecule has 0 aliphatic carbocycles. The lowest BCUT2D eigenvalue weighted by molar-refractivity contribution is -0.139. The van der Waals surface area contributed by atoms with Crippen molar-refractivity contribution in [1.82, 2.24) is 9.71 Å². The van der Waals surface area contributed by atoms with Crippen molar-refractivity contribution < 1.29 is 31.1 Å². The molecule has 0 spiro atoms. The van der Waals surface area contributed by atoms with E-state index in [0.717, 1.165) is 23.8 Å². The van der Waals surface area contributed by atoms with Crippen LogP contribution in [-0.2, 0) is 34.0 Å². The molecule has 2 aromatic carbocycles. The van der Waals surface area contributed by atoms with E-state index in [0.29, 0.717) is 11.2 Å². The average Bonchev–Trinajstić information content (AvgIpc) is 2.64. The number of halogens is 3. The van der Waals surface area contributed by atoms with Gasteiger partial charge in [0.2, 0.25) is 15.9 Å². The Morgan fingerprint density at radius 2 is 1.83 bits per heavy atom. The molecule has 3 aromatic rings. The highest BCUT2D eigenvalue weighted by molar-refractivity contribution is 7.89. The molecule has 0 saturated carbocycles. The normalized spacial score (nSPS) is 12.0. The van der Waals surface area contributed by atoms with Crippen LogP contribution in [0.4, 0.5) is 13.2 Å². The molecule has 0 unspecified atom stereocenters. The molecule has 30 heavy (non-hydrogen) atoms. The Labute approximate surface area is 170 Å². The van der Waals surface area contributed by atoms with Gasteiger partial charge in [-0.1, -0.05) is 30.3 Å². The van der Waals surface area contributed by atoms with Crippen LogP contribution < -0.4 is 9.46 Å². The van der Waals surface area contributed by atoms with Gasteiger partial charge >= 0.3 is 6.18 Å². The van der Waals surface area contributed by atoms with Crippen molar-refractivity contribution in [3.63, 3.8) is 0 Å². The number of nitrogens with one attached hydrogen (secondary N) is 1. The van der Waals surface area contributed by atoms with Crippen molar-refractivity contribution in [3.05, 3.63) is 71.4 Å². The fourth-order valence-electron chi connectivity index (χ4n) is 2.80. The maximum absolute atomic E-state index is 13.5. The Kier molecular flexibility index (Phi) is 5.97. The van der Waals surface area contributed by atoms with Crippen LogP contribution in [0.15, 0.2) is 54.6 Å². The van der Waals surface area contributed by atoms with Crippen LogP contribution in [-0.4, -0.2) is 25.6 Å². The van der Waals surface area contributed by atoms with Gasteiger partial charge in [0.25, 0.3) is 0 Å². The summed E-state index contributed by atoms with van der Waals surface area (Å²) in [6, 6.07) is 13.9. The second kappa shape index (κ2) is 8.31. The minimum absolute atomic E-state index is 0.000319. The van der Waals surface area contributed by atoms with Crippen molar-refractivity contribution in [2.24, 2.45) is 0 Å². The summed E-state index contributed by atoms with van der Waals surface area (Å²) >= 11 is 0. The van der Waals surface area contributed by atoms with Crippen molar-refractivity contribution in [3.8, 4) is 5.75 Å². The van der Waals surface area contributed by atoms with Crippen molar-refractivity contribution in [2.75, 3.05) is 6.26 Å². The third-order valence-electron chi connectivity index (χ3n) is 4.04. The number of rotatable bonds is 6. The zero-order chi connectivity index (χ0) is 21.9. The Hall–Kier alpha value is -3.14. The number of carbonyl (C=O) groups excluding carboxylic acids is 1. The molecule has 0 saturated heterocycles. The number of amides is 1. The molecule has 10 heteroatoms. The lowest BCUT2D eigenvalue weighted by atomic mass is 10.1. The van der Waals surface area contributed by atoms with Crippen LogP contribution in [0.5, 0.6) is 5.75 Å². The summed E-state index contributed by atoms with van der Waals surface area (Å²) < 4.78 is 69.7. The minimum atomic E-state index is -4.73. The number of carbonyl (C=O) groups is 1. The molecule has 0 radical (unpaired) electrons. The third-order valence-corrected chi connectivity index (χ3v) is 4.64. The van der Waals surface area contributed by atoms with E-state index in [1.807, 2.05) is 12.1 Å². The molecule has 6 nitrogen and oxygen atoms in total. The summed E-state index contributed by atoms with van der Waals surface area (Å²) in [5.41, 5.74) is 0.0907. The monoisotopic (exact) mass is 438 g/mol. The topological polar surface area (TPSA) is 85.4 Å². The number of hydrogen-bond acceptors (Lipinski definition) is 5. The molecular formula is C20H17F3N2O4S. The van der Waals surface area contributed by atoms with Gasteiger partial charge in [-0.05, 0) is 29.8 Å². The Morgan fingerprint density at radius 1 is 1.10 bits per heavy atom. The van der Waals surface area contributed by atoms with Gasteiger partial charge in [0.1, 0.15) is 12.4 Å². The van der Waals surface area contributed by atoms with E-state index in [1.54, 1.807) is 29.0 Å². The summed E-state index contributed by atoms with van der Waals surface area (Å²) in [6.45, 7) is -0.179. The first kappa shape index (κ1) is 21.6. The summed E-state index contributed by atoms with van der Waals surface area (Å²) in [5.74, 6) is -1.34. The predicted molar refractivity (Wildman–Crippen MR) is 104 cm³/mol. The minimum Gasteiger partial charge on any atom is -0.487 e. The maximum Gasteiger partial charge on any atom is 0.419 e. The number of alkyl halides is 3. The van der Waals surface area contributed by atoms with E-state index >= 15 is 0 Å². The summed E-state index contributed by atoms with van der Waals surface area (Å²) in [6.07, 6.45) is -4.47. The van der Waals surface area contributed by atoms with Gasteiger partial charge in [0.05, 0.1) is 29.5 Å². The first-order valence-electron chi connectivity index (χ1n) is 8.69. The predicted octanol–water partition coefficient (Wildman–Crippen LogP) is 3.45. The van der Waals surface area contributed by atoms with Crippen LogP contribution in [0, 0.1) is 0 Å². The fourth-order valence-corrected chi connectivity index (χ4v) is 3.29. The smallest absolute Gasteiger partial charge is 0.419 e. The highest BCUT2D eigenvalue weighted by Crippen LogP contribution is 2.37. The first-order chi connectivity index (χ1) is 14.0. The standard InChI is InChI=1S/C20H17F3N2O4S/c1-30(27,28)25-19(26)11-13-6-9-18(16(10-13)20(21,22)23)29-12-15-8-7-14-4-2-3-5-17(14)24-15/h2-10H,11-12H2,1H3,(H,25,26). The second-order valence-corrected chi connectivity index (χ2v) is 8.33. The quantitative estimate of drug-likeness (QED) is 0.637. The van der Waals surface area contributed by atoms with Crippen LogP contribution in [0.1, 0.15) is 16.8 Å². The summed E-state index contributed by atoms with van der Waals surface area (Å²) in [4.78, 5) is 16.0. The van der Waals surface area contributed by atoms with Crippen LogP contribution in [0.2, 0.25) is 0 Å². The molecule has 158 valence electrons. The van der Waals surface area contributed by atoms with E-state index in [2.05, 4.69) is 4.98 Å². The molecule has 0 aliphatic heterocycles. The largest absolute Gasteiger partial charge is 0.487 e. The number of aromatic nitrogens is 1. The van der Waals surface area contributed by atoms with Crippen LogP contribution >= 0.6 is 0 Å². The molecule has 1 amide bonds. The van der Waals surface area contributed by atoms with Crippen molar-refractivity contribution in [2.45, 2.75) is 19.2 Å². The maximum atomic E-state index is 13.5. The van der Waals surface area contributed by atoms with E-state index in [9.17, 15) is 26.4 Å². The van der Waals surface area contributed by atoms with Gasteiger partial charge in [0.15, 0.2) is 0 Å². The summed E-state index contributed by atoms with van der Waals surface area (Å²) in [5, 5.41) is 0.897. The van der Waals surface area contributed by atoms with Crippen molar-refractivity contribution in [1.29, 1.82) is 0 Å².